The minimum Gasteiger partial charge on any atom is -0.374 e. The SMILES string of the molecule is CCOC1C(N)CC1OCc1ccccc1F. The fraction of sp³-hybridized carbons (Fsp3) is 0.538. The Bertz CT molecular complexity index is 372. The molecule has 17 heavy (non-hydrogen) atoms. The molecule has 1 aromatic carbocycles. The molecule has 0 radical (unpaired) electrons. The maximum absolute atomic E-state index is 13.3. The van der Waals surface area contributed by atoms with Gasteiger partial charge in [0.1, 0.15) is 5.82 Å². The van der Waals surface area contributed by atoms with Crippen LogP contribution in [0.4, 0.5) is 4.39 Å². The summed E-state index contributed by atoms with van der Waals surface area (Å²) in [7, 11) is 0. The van der Waals surface area contributed by atoms with Crippen LogP contribution in [0.15, 0.2) is 24.3 Å². The van der Waals surface area contributed by atoms with Crippen LogP contribution in [0.5, 0.6) is 0 Å². The number of halogens is 1. The molecule has 2 rings (SSSR count). The van der Waals surface area contributed by atoms with Crippen LogP contribution in [0.3, 0.4) is 0 Å². The summed E-state index contributed by atoms with van der Waals surface area (Å²) in [5.41, 5.74) is 6.39. The summed E-state index contributed by atoms with van der Waals surface area (Å²) in [6, 6.07) is 6.67. The molecule has 1 aliphatic rings. The van der Waals surface area contributed by atoms with Crippen molar-refractivity contribution >= 4 is 0 Å². The third kappa shape index (κ3) is 2.83. The van der Waals surface area contributed by atoms with Gasteiger partial charge in [-0.3, -0.25) is 0 Å². The maximum atomic E-state index is 13.3. The largest absolute Gasteiger partial charge is 0.374 e. The number of benzene rings is 1. The standard InChI is InChI=1S/C13H18FNO2/c1-2-16-13-11(15)7-12(13)17-8-9-5-3-4-6-10(9)14/h3-6,11-13H,2,7-8,15H2,1H3. The molecule has 3 unspecified atom stereocenters. The highest BCUT2D eigenvalue weighted by atomic mass is 19.1. The van der Waals surface area contributed by atoms with E-state index in [2.05, 4.69) is 0 Å². The van der Waals surface area contributed by atoms with Crippen molar-refractivity contribution in [1.82, 2.24) is 0 Å². The molecule has 0 aromatic heterocycles. The summed E-state index contributed by atoms with van der Waals surface area (Å²) in [6.07, 6.45) is 0.718. The third-order valence-electron chi connectivity index (χ3n) is 3.06. The molecule has 1 saturated carbocycles. The monoisotopic (exact) mass is 239 g/mol. The van der Waals surface area contributed by atoms with Crippen molar-refractivity contribution in [1.29, 1.82) is 0 Å². The van der Waals surface area contributed by atoms with Crippen LogP contribution < -0.4 is 5.73 Å². The molecule has 94 valence electrons. The molecular weight excluding hydrogens is 221 g/mol. The van der Waals surface area contributed by atoms with E-state index in [-0.39, 0.29) is 30.7 Å². The maximum Gasteiger partial charge on any atom is 0.128 e. The summed E-state index contributed by atoms with van der Waals surface area (Å²) < 4.78 is 24.5. The second-order valence-electron chi connectivity index (χ2n) is 4.26. The van der Waals surface area contributed by atoms with Gasteiger partial charge in [-0.05, 0) is 19.4 Å². The van der Waals surface area contributed by atoms with Crippen LogP contribution in [0, 0.1) is 5.82 Å². The lowest BCUT2D eigenvalue weighted by atomic mass is 9.86. The zero-order valence-electron chi connectivity index (χ0n) is 9.93. The first-order valence-electron chi connectivity index (χ1n) is 5.94. The molecule has 3 nitrogen and oxygen atoms in total. The quantitative estimate of drug-likeness (QED) is 0.852. The molecule has 1 aromatic rings. The number of hydrogen-bond donors (Lipinski definition) is 1. The Morgan fingerprint density at radius 2 is 2.12 bits per heavy atom. The summed E-state index contributed by atoms with van der Waals surface area (Å²) in [4.78, 5) is 0. The minimum atomic E-state index is -0.232. The van der Waals surface area contributed by atoms with E-state index in [1.165, 1.54) is 6.07 Å². The van der Waals surface area contributed by atoms with Gasteiger partial charge >= 0.3 is 0 Å². The van der Waals surface area contributed by atoms with Gasteiger partial charge in [0.2, 0.25) is 0 Å². The second-order valence-corrected chi connectivity index (χ2v) is 4.26. The van der Waals surface area contributed by atoms with Gasteiger partial charge in [-0.2, -0.15) is 0 Å². The first-order valence-corrected chi connectivity index (χ1v) is 5.94. The molecular formula is C13H18FNO2. The van der Waals surface area contributed by atoms with Crippen LogP contribution in [0.1, 0.15) is 18.9 Å². The summed E-state index contributed by atoms with van der Waals surface area (Å²) >= 11 is 0. The van der Waals surface area contributed by atoms with Crippen molar-refractivity contribution in [3.63, 3.8) is 0 Å². The smallest absolute Gasteiger partial charge is 0.128 e. The lowest BCUT2D eigenvalue weighted by Crippen LogP contribution is -2.58. The van der Waals surface area contributed by atoms with Crippen LogP contribution in [0.25, 0.3) is 0 Å². The van der Waals surface area contributed by atoms with E-state index >= 15 is 0 Å². The fourth-order valence-corrected chi connectivity index (χ4v) is 2.01. The first kappa shape index (κ1) is 12.5. The number of rotatable bonds is 5. The number of ether oxygens (including phenoxy) is 2. The van der Waals surface area contributed by atoms with Crippen molar-refractivity contribution < 1.29 is 13.9 Å². The van der Waals surface area contributed by atoms with Gasteiger partial charge in [0, 0.05) is 18.2 Å². The zero-order valence-corrected chi connectivity index (χ0v) is 9.93. The van der Waals surface area contributed by atoms with E-state index in [1.807, 2.05) is 6.92 Å². The molecule has 0 aliphatic heterocycles. The average molecular weight is 239 g/mol. The van der Waals surface area contributed by atoms with Gasteiger partial charge in [0.05, 0.1) is 18.8 Å². The zero-order chi connectivity index (χ0) is 12.3. The predicted molar refractivity (Wildman–Crippen MR) is 63.0 cm³/mol. The molecule has 0 saturated heterocycles. The third-order valence-corrected chi connectivity index (χ3v) is 3.06. The Balaban J connectivity index is 1.85. The Morgan fingerprint density at radius 1 is 1.35 bits per heavy atom. The van der Waals surface area contributed by atoms with Crippen molar-refractivity contribution in [2.75, 3.05) is 6.61 Å². The van der Waals surface area contributed by atoms with E-state index < -0.39 is 0 Å². The predicted octanol–water partition coefficient (Wildman–Crippen LogP) is 1.85. The Labute approximate surface area is 101 Å². The van der Waals surface area contributed by atoms with E-state index in [0.29, 0.717) is 12.2 Å². The highest BCUT2D eigenvalue weighted by Gasteiger charge is 2.40. The molecule has 1 aliphatic carbocycles. The minimum absolute atomic E-state index is 0.00967. The van der Waals surface area contributed by atoms with Crippen LogP contribution in [-0.4, -0.2) is 24.9 Å². The van der Waals surface area contributed by atoms with E-state index in [4.69, 9.17) is 15.2 Å². The van der Waals surface area contributed by atoms with Crippen molar-refractivity contribution in [2.24, 2.45) is 5.73 Å². The van der Waals surface area contributed by atoms with Gasteiger partial charge in [0.15, 0.2) is 0 Å². The summed E-state index contributed by atoms with van der Waals surface area (Å²) in [6.45, 7) is 2.82. The topological polar surface area (TPSA) is 44.5 Å². The normalized spacial score (nSPS) is 27.8. The fourth-order valence-electron chi connectivity index (χ4n) is 2.01. The Morgan fingerprint density at radius 3 is 2.76 bits per heavy atom. The van der Waals surface area contributed by atoms with Crippen molar-refractivity contribution in [3.05, 3.63) is 35.6 Å². The van der Waals surface area contributed by atoms with Gasteiger partial charge < -0.3 is 15.2 Å². The Kier molecular flexibility index (Phi) is 4.10. The molecule has 0 amide bonds. The highest BCUT2D eigenvalue weighted by Crippen LogP contribution is 2.26. The van der Waals surface area contributed by atoms with E-state index in [9.17, 15) is 4.39 Å². The van der Waals surface area contributed by atoms with Crippen molar-refractivity contribution in [3.8, 4) is 0 Å². The highest BCUT2D eigenvalue weighted by molar-refractivity contribution is 5.16. The van der Waals surface area contributed by atoms with E-state index in [1.54, 1.807) is 18.2 Å². The van der Waals surface area contributed by atoms with Gasteiger partial charge in [0.25, 0.3) is 0 Å². The first-order chi connectivity index (χ1) is 8.22. The molecule has 0 spiro atoms. The number of nitrogens with two attached hydrogens (primary N) is 1. The molecule has 3 atom stereocenters. The number of hydrogen-bond acceptors (Lipinski definition) is 3. The van der Waals surface area contributed by atoms with Gasteiger partial charge in [-0.1, -0.05) is 18.2 Å². The summed E-state index contributed by atoms with van der Waals surface area (Å²) in [5, 5.41) is 0. The van der Waals surface area contributed by atoms with Crippen LogP contribution in [-0.2, 0) is 16.1 Å². The molecule has 0 bridgehead atoms. The van der Waals surface area contributed by atoms with Gasteiger partial charge in [-0.15, -0.1) is 0 Å². The van der Waals surface area contributed by atoms with Crippen LogP contribution in [0.2, 0.25) is 0 Å². The van der Waals surface area contributed by atoms with Crippen LogP contribution >= 0.6 is 0 Å². The van der Waals surface area contributed by atoms with E-state index in [0.717, 1.165) is 6.42 Å². The lowest BCUT2D eigenvalue weighted by Gasteiger charge is -2.41. The lowest BCUT2D eigenvalue weighted by molar-refractivity contribution is -0.142. The Hall–Kier alpha value is -0.970. The molecule has 1 fully saturated rings. The van der Waals surface area contributed by atoms with Crippen molar-refractivity contribution in [2.45, 2.75) is 38.2 Å². The van der Waals surface area contributed by atoms with Gasteiger partial charge in [-0.25, -0.2) is 4.39 Å². The molecule has 4 heteroatoms. The summed E-state index contributed by atoms with van der Waals surface area (Å²) in [5.74, 6) is -0.232. The molecule has 0 heterocycles. The average Bonchev–Trinajstić information content (AvgIpc) is 2.33. The second kappa shape index (κ2) is 5.58. The molecule has 2 N–H and O–H groups in total.